The van der Waals surface area contributed by atoms with Crippen molar-refractivity contribution >= 4 is 39.8 Å². The Kier molecular flexibility index (Phi) is 9.74. The zero-order valence-electron chi connectivity index (χ0n) is 23.9. The Morgan fingerprint density at radius 1 is 0.773 bits per heavy atom. The second-order valence-corrected chi connectivity index (χ2v) is 10.1. The van der Waals surface area contributed by atoms with Crippen LogP contribution in [0.2, 0.25) is 0 Å². The van der Waals surface area contributed by atoms with Gasteiger partial charge in [-0.05, 0) is 66.8 Å². The number of phenols is 1. The van der Waals surface area contributed by atoms with E-state index >= 15 is 0 Å². The van der Waals surface area contributed by atoms with E-state index in [9.17, 15) is 14.7 Å². The van der Waals surface area contributed by atoms with Gasteiger partial charge in [0.1, 0.15) is 17.6 Å². The van der Waals surface area contributed by atoms with E-state index < -0.39 is 18.3 Å². The van der Waals surface area contributed by atoms with Crippen LogP contribution in [0.5, 0.6) is 11.5 Å². The predicted octanol–water partition coefficient (Wildman–Crippen LogP) is 7.84. The largest absolute Gasteiger partial charge is 0.507 e. The molecule has 5 N–H and O–H groups in total. The van der Waals surface area contributed by atoms with E-state index in [1.165, 1.54) is 6.08 Å². The molecule has 8 nitrogen and oxygen atoms in total. The van der Waals surface area contributed by atoms with Gasteiger partial charge in [-0.1, -0.05) is 84.9 Å². The summed E-state index contributed by atoms with van der Waals surface area (Å²) in [4.78, 5) is 25.8. The van der Waals surface area contributed by atoms with Crippen molar-refractivity contribution < 1.29 is 24.2 Å². The summed E-state index contributed by atoms with van der Waals surface area (Å²) in [6.07, 6.45) is 1.82. The third-order valence-electron chi connectivity index (χ3n) is 6.97. The predicted molar refractivity (Wildman–Crippen MR) is 174 cm³/mol. The van der Waals surface area contributed by atoms with Crippen molar-refractivity contribution in [2.45, 2.75) is 25.0 Å². The maximum absolute atomic E-state index is 13.3. The van der Waals surface area contributed by atoms with E-state index in [1.54, 1.807) is 54.6 Å². The lowest BCUT2D eigenvalue weighted by Crippen LogP contribution is -2.31. The molecule has 0 bridgehead atoms. The first kappa shape index (κ1) is 29.7. The van der Waals surface area contributed by atoms with Gasteiger partial charge in [-0.15, -0.1) is 0 Å². The number of aromatic hydroxyl groups is 1. The second kappa shape index (κ2) is 14.4. The molecule has 5 rings (SSSR count). The molecule has 2 amide bonds. The molecule has 2 atom stereocenters. The van der Waals surface area contributed by atoms with Crippen molar-refractivity contribution in [2.75, 3.05) is 16.4 Å². The third-order valence-corrected chi connectivity index (χ3v) is 6.97. The van der Waals surface area contributed by atoms with Crippen LogP contribution in [-0.4, -0.2) is 23.2 Å². The zero-order valence-corrected chi connectivity index (χ0v) is 23.9. The molecule has 0 aliphatic carbocycles. The Morgan fingerprint density at radius 3 is 2.18 bits per heavy atom. The van der Waals surface area contributed by atoms with Gasteiger partial charge in [0.2, 0.25) is 5.91 Å². The number of fused-ring (bicyclic) bond motifs is 1. The number of nitrogen functional groups attached to an aromatic ring is 1. The number of carbonyl (C=O) groups is 2. The van der Waals surface area contributed by atoms with Crippen molar-refractivity contribution in [1.29, 1.82) is 0 Å². The van der Waals surface area contributed by atoms with Crippen LogP contribution in [0.4, 0.5) is 21.9 Å². The highest BCUT2D eigenvalue weighted by Gasteiger charge is 2.31. The van der Waals surface area contributed by atoms with Crippen LogP contribution in [0.15, 0.2) is 133 Å². The van der Waals surface area contributed by atoms with Gasteiger partial charge in [0, 0.05) is 16.6 Å². The SMILES string of the molecule is Nc1ccccc1NC(=O)/C=C/CC[C@H](Oc1ccccc1)[C@@H](OC(=O)Nc1ccccc1)c1ccc(O)c2ccccc12. The highest BCUT2D eigenvalue weighted by atomic mass is 16.6. The smallest absolute Gasteiger partial charge is 0.412 e. The quantitative estimate of drug-likeness (QED) is 0.0922. The Labute approximate surface area is 255 Å². The molecular formula is C36H33N3O5. The number of anilines is 3. The van der Waals surface area contributed by atoms with Crippen molar-refractivity contribution in [3.05, 3.63) is 139 Å². The lowest BCUT2D eigenvalue weighted by molar-refractivity contribution is -0.111. The molecule has 0 aliphatic heterocycles. The van der Waals surface area contributed by atoms with Crippen LogP contribution in [0, 0.1) is 0 Å². The van der Waals surface area contributed by atoms with Crippen LogP contribution >= 0.6 is 0 Å². The van der Waals surface area contributed by atoms with Crippen LogP contribution in [0.25, 0.3) is 10.8 Å². The van der Waals surface area contributed by atoms with Gasteiger partial charge in [-0.3, -0.25) is 10.1 Å². The van der Waals surface area contributed by atoms with E-state index in [4.69, 9.17) is 15.2 Å². The molecule has 0 saturated heterocycles. The number of amides is 2. The van der Waals surface area contributed by atoms with Gasteiger partial charge in [0.15, 0.2) is 6.10 Å². The topological polar surface area (TPSA) is 123 Å². The lowest BCUT2D eigenvalue weighted by Gasteiger charge is -2.29. The van der Waals surface area contributed by atoms with Gasteiger partial charge in [0.25, 0.3) is 0 Å². The summed E-state index contributed by atoms with van der Waals surface area (Å²) in [5.41, 5.74) is 8.20. The highest BCUT2D eigenvalue weighted by molar-refractivity contribution is 6.01. The Balaban J connectivity index is 1.43. The average Bonchev–Trinajstić information content (AvgIpc) is 3.04. The number of allylic oxidation sites excluding steroid dienone is 1. The summed E-state index contributed by atoms with van der Waals surface area (Å²) in [6, 6.07) is 36.0. The van der Waals surface area contributed by atoms with Gasteiger partial charge in [-0.2, -0.15) is 0 Å². The summed E-state index contributed by atoms with van der Waals surface area (Å²) in [6.45, 7) is 0. The number of carbonyl (C=O) groups excluding carboxylic acids is 2. The number of nitrogens with one attached hydrogen (secondary N) is 2. The van der Waals surface area contributed by atoms with E-state index in [2.05, 4.69) is 10.6 Å². The fourth-order valence-electron chi connectivity index (χ4n) is 4.86. The van der Waals surface area contributed by atoms with Crippen molar-refractivity contribution in [2.24, 2.45) is 0 Å². The molecular weight excluding hydrogens is 554 g/mol. The summed E-state index contributed by atoms with van der Waals surface area (Å²) >= 11 is 0. The monoisotopic (exact) mass is 587 g/mol. The third kappa shape index (κ3) is 7.74. The van der Waals surface area contributed by atoms with E-state index in [1.807, 2.05) is 72.8 Å². The van der Waals surface area contributed by atoms with Crippen LogP contribution < -0.4 is 21.1 Å². The van der Waals surface area contributed by atoms with Gasteiger partial charge >= 0.3 is 6.09 Å². The first-order chi connectivity index (χ1) is 21.5. The summed E-state index contributed by atoms with van der Waals surface area (Å²) < 4.78 is 12.6. The molecule has 0 spiro atoms. The Hall–Kier alpha value is -5.76. The number of hydrogen-bond acceptors (Lipinski definition) is 6. The molecule has 0 unspecified atom stereocenters. The van der Waals surface area contributed by atoms with E-state index in [0.29, 0.717) is 46.6 Å². The van der Waals surface area contributed by atoms with E-state index in [-0.39, 0.29) is 11.7 Å². The number of nitrogens with two attached hydrogens (primary N) is 1. The first-order valence-corrected chi connectivity index (χ1v) is 14.2. The molecule has 0 aliphatic rings. The fourth-order valence-corrected chi connectivity index (χ4v) is 4.86. The highest BCUT2D eigenvalue weighted by Crippen LogP contribution is 2.36. The normalized spacial score (nSPS) is 12.4. The fraction of sp³-hybridized carbons (Fsp3) is 0.111. The molecule has 222 valence electrons. The van der Waals surface area contributed by atoms with Gasteiger partial charge in [-0.25, -0.2) is 4.79 Å². The molecule has 5 aromatic carbocycles. The lowest BCUT2D eigenvalue weighted by atomic mass is 9.94. The summed E-state index contributed by atoms with van der Waals surface area (Å²) in [5, 5.41) is 17.5. The first-order valence-electron chi connectivity index (χ1n) is 14.2. The molecule has 5 aromatic rings. The van der Waals surface area contributed by atoms with Crippen molar-refractivity contribution in [3.63, 3.8) is 0 Å². The minimum Gasteiger partial charge on any atom is -0.507 e. The van der Waals surface area contributed by atoms with Crippen molar-refractivity contribution in [1.82, 2.24) is 0 Å². The molecule has 8 heteroatoms. The number of hydrogen-bond donors (Lipinski definition) is 4. The Bertz CT molecular complexity index is 1740. The van der Waals surface area contributed by atoms with Crippen LogP contribution in [0.3, 0.4) is 0 Å². The number of ether oxygens (including phenoxy) is 2. The number of phenolic OH excluding ortho intramolecular Hbond substituents is 1. The van der Waals surface area contributed by atoms with Gasteiger partial charge in [0.05, 0.1) is 11.4 Å². The number of para-hydroxylation sites is 4. The van der Waals surface area contributed by atoms with E-state index in [0.717, 1.165) is 5.39 Å². The molecule has 0 saturated carbocycles. The molecule has 44 heavy (non-hydrogen) atoms. The number of benzene rings is 5. The molecule has 0 aromatic heterocycles. The van der Waals surface area contributed by atoms with Crippen LogP contribution in [-0.2, 0) is 9.53 Å². The minimum absolute atomic E-state index is 0.116. The second-order valence-electron chi connectivity index (χ2n) is 10.1. The standard InChI is InChI=1S/C36H33N3O5/c37-30-19-9-10-20-31(30)39-34(41)22-12-11-21-33(43-26-15-5-2-6-16-26)35(44-36(42)38-25-13-3-1-4-14-25)29-23-24-32(40)28-18-8-7-17-27(28)29/h1-10,12-20,22-24,33,35,40H,11,21,37H2,(H,38,42)(H,39,41)/b22-12+/t33-,35-/m0/s1. The zero-order chi connectivity index (χ0) is 30.7. The number of rotatable bonds is 11. The van der Waals surface area contributed by atoms with Crippen LogP contribution in [0.1, 0.15) is 24.5 Å². The summed E-state index contributed by atoms with van der Waals surface area (Å²) in [7, 11) is 0. The maximum Gasteiger partial charge on any atom is 0.412 e. The van der Waals surface area contributed by atoms with Crippen molar-refractivity contribution in [3.8, 4) is 11.5 Å². The molecule has 0 fully saturated rings. The molecule has 0 heterocycles. The Morgan fingerprint density at radius 2 is 1.43 bits per heavy atom. The maximum atomic E-state index is 13.3. The summed E-state index contributed by atoms with van der Waals surface area (Å²) in [5.74, 6) is 0.396. The average molecular weight is 588 g/mol. The molecule has 0 radical (unpaired) electrons. The minimum atomic E-state index is -0.879. The van der Waals surface area contributed by atoms with Gasteiger partial charge < -0.3 is 25.6 Å².